The van der Waals surface area contributed by atoms with Crippen LogP contribution in [0.2, 0.25) is 5.02 Å². The highest BCUT2D eigenvalue weighted by Gasteiger charge is 2.32. The molecule has 0 aliphatic heterocycles. The van der Waals surface area contributed by atoms with Crippen molar-refractivity contribution in [2.24, 2.45) is 0 Å². The molecular formula is C12H12ClFO3. The highest BCUT2D eigenvalue weighted by atomic mass is 35.5. The number of carbonyl (C=O) groups is 2. The monoisotopic (exact) mass is 258 g/mol. The third kappa shape index (κ3) is 3.53. The van der Waals surface area contributed by atoms with Gasteiger partial charge in [0, 0.05) is 17.5 Å². The molecule has 0 amide bonds. The smallest absolute Gasteiger partial charge is 0.303 e. The topological polar surface area (TPSA) is 43.4 Å². The second kappa shape index (κ2) is 4.84. The van der Waals surface area contributed by atoms with Gasteiger partial charge in [-0.2, -0.15) is 0 Å². The Balaban J connectivity index is 3.07. The van der Waals surface area contributed by atoms with E-state index in [0.29, 0.717) is 0 Å². The fourth-order valence-corrected chi connectivity index (χ4v) is 1.66. The summed E-state index contributed by atoms with van der Waals surface area (Å²) in [5, 5.41) is 0.118. The van der Waals surface area contributed by atoms with E-state index in [9.17, 15) is 14.0 Å². The summed E-state index contributed by atoms with van der Waals surface area (Å²) in [6.07, 6.45) is 0. The van der Waals surface area contributed by atoms with E-state index in [0.717, 1.165) is 12.1 Å². The van der Waals surface area contributed by atoms with Crippen molar-refractivity contribution >= 4 is 23.4 Å². The molecule has 0 aliphatic rings. The van der Waals surface area contributed by atoms with E-state index in [-0.39, 0.29) is 10.6 Å². The Bertz CT molecular complexity index is 449. The Morgan fingerprint density at radius 3 is 2.35 bits per heavy atom. The molecule has 0 saturated carbocycles. The molecule has 0 fully saturated rings. The van der Waals surface area contributed by atoms with Crippen molar-refractivity contribution in [1.82, 2.24) is 0 Å². The quantitative estimate of drug-likeness (QED) is 0.618. The number of hydrogen-bond acceptors (Lipinski definition) is 3. The fraction of sp³-hybridized carbons (Fsp3) is 0.333. The lowest BCUT2D eigenvalue weighted by molar-refractivity contribution is -0.149. The van der Waals surface area contributed by atoms with Crippen molar-refractivity contribution in [2.45, 2.75) is 26.4 Å². The fourth-order valence-electron chi connectivity index (χ4n) is 1.44. The minimum atomic E-state index is -1.34. The third-order valence-corrected chi connectivity index (χ3v) is 2.29. The molecule has 0 heterocycles. The number of benzene rings is 1. The molecule has 1 aromatic rings. The van der Waals surface area contributed by atoms with E-state index in [2.05, 4.69) is 0 Å². The second-order valence-corrected chi connectivity index (χ2v) is 4.53. The van der Waals surface area contributed by atoms with E-state index in [1.807, 2.05) is 0 Å². The zero-order valence-corrected chi connectivity index (χ0v) is 10.5. The summed E-state index contributed by atoms with van der Waals surface area (Å²) in [5.74, 6) is -1.69. The summed E-state index contributed by atoms with van der Waals surface area (Å²) in [6.45, 7) is 4.08. The molecule has 1 aromatic carbocycles. The average Bonchev–Trinajstić information content (AvgIpc) is 2.12. The van der Waals surface area contributed by atoms with Gasteiger partial charge in [0.1, 0.15) is 5.82 Å². The zero-order valence-electron chi connectivity index (χ0n) is 9.71. The van der Waals surface area contributed by atoms with Gasteiger partial charge in [-0.05, 0) is 32.0 Å². The summed E-state index contributed by atoms with van der Waals surface area (Å²) < 4.78 is 18.0. The summed E-state index contributed by atoms with van der Waals surface area (Å²) in [7, 11) is 0. The summed E-state index contributed by atoms with van der Waals surface area (Å²) in [6, 6.07) is 3.48. The molecule has 0 spiro atoms. The predicted octanol–water partition coefficient (Wildman–Crippen LogP) is 3.00. The Hall–Kier alpha value is -1.42. The van der Waals surface area contributed by atoms with Crippen LogP contribution in [-0.2, 0) is 9.53 Å². The number of rotatable bonds is 3. The van der Waals surface area contributed by atoms with Crippen molar-refractivity contribution in [3.63, 3.8) is 0 Å². The molecule has 0 unspecified atom stereocenters. The summed E-state index contributed by atoms with van der Waals surface area (Å²) in [5.41, 5.74) is -1.27. The highest BCUT2D eigenvalue weighted by molar-refractivity contribution is 6.31. The van der Waals surface area contributed by atoms with Crippen LogP contribution in [0.5, 0.6) is 0 Å². The van der Waals surface area contributed by atoms with Gasteiger partial charge in [-0.15, -0.1) is 0 Å². The molecule has 17 heavy (non-hydrogen) atoms. The first-order chi connectivity index (χ1) is 7.72. The van der Waals surface area contributed by atoms with Crippen LogP contribution >= 0.6 is 11.6 Å². The van der Waals surface area contributed by atoms with Gasteiger partial charge in [0.2, 0.25) is 5.78 Å². The number of esters is 1. The maximum atomic E-state index is 13.1. The Labute approximate surface area is 104 Å². The van der Waals surface area contributed by atoms with Gasteiger partial charge < -0.3 is 4.74 Å². The minimum Gasteiger partial charge on any atom is -0.451 e. The molecule has 0 bridgehead atoms. The van der Waals surface area contributed by atoms with Crippen molar-refractivity contribution in [3.8, 4) is 0 Å². The maximum Gasteiger partial charge on any atom is 0.303 e. The number of ether oxygens (including phenoxy) is 1. The van der Waals surface area contributed by atoms with Crippen LogP contribution in [0.1, 0.15) is 31.1 Å². The third-order valence-electron chi connectivity index (χ3n) is 2.07. The molecule has 0 atom stereocenters. The lowest BCUT2D eigenvalue weighted by Gasteiger charge is -2.22. The van der Waals surface area contributed by atoms with Crippen molar-refractivity contribution in [3.05, 3.63) is 34.6 Å². The van der Waals surface area contributed by atoms with Crippen molar-refractivity contribution in [1.29, 1.82) is 0 Å². The molecule has 0 aliphatic carbocycles. The molecule has 0 N–H and O–H groups in total. The minimum absolute atomic E-state index is 0.0706. The van der Waals surface area contributed by atoms with Gasteiger partial charge >= 0.3 is 5.97 Å². The zero-order chi connectivity index (χ0) is 13.2. The highest BCUT2D eigenvalue weighted by Crippen LogP contribution is 2.21. The van der Waals surface area contributed by atoms with Crippen LogP contribution in [0, 0.1) is 5.82 Å². The number of hydrogen-bond donors (Lipinski definition) is 0. The van der Waals surface area contributed by atoms with Gasteiger partial charge in [0.05, 0.1) is 0 Å². The lowest BCUT2D eigenvalue weighted by atomic mass is 9.96. The van der Waals surface area contributed by atoms with E-state index in [4.69, 9.17) is 16.3 Å². The van der Waals surface area contributed by atoms with E-state index >= 15 is 0 Å². The Kier molecular flexibility index (Phi) is 3.88. The molecule has 0 aromatic heterocycles. The molecule has 0 saturated heterocycles. The van der Waals surface area contributed by atoms with Crippen LogP contribution in [0.15, 0.2) is 18.2 Å². The normalized spacial score (nSPS) is 11.1. The predicted molar refractivity (Wildman–Crippen MR) is 61.6 cm³/mol. The summed E-state index contributed by atoms with van der Waals surface area (Å²) in [4.78, 5) is 22.9. The first-order valence-corrected chi connectivity index (χ1v) is 5.30. The SMILES string of the molecule is CC(=O)OC(C)(C)C(=O)c1cc(F)cc(Cl)c1. The first kappa shape index (κ1) is 13.6. The van der Waals surface area contributed by atoms with Gasteiger partial charge in [-0.3, -0.25) is 9.59 Å². The molecule has 0 radical (unpaired) electrons. The lowest BCUT2D eigenvalue weighted by Crippen LogP contribution is -2.36. The van der Waals surface area contributed by atoms with Gasteiger partial charge in [-0.1, -0.05) is 11.6 Å². The van der Waals surface area contributed by atoms with Crippen LogP contribution in [0.25, 0.3) is 0 Å². The second-order valence-electron chi connectivity index (χ2n) is 4.09. The Morgan fingerprint density at radius 1 is 1.29 bits per heavy atom. The molecule has 3 nitrogen and oxygen atoms in total. The molecule has 1 rings (SSSR count). The Morgan fingerprint density at radius 2 is 1.88 bits per heavy atom. The number of Topliss-reactive ketones (excluding diaryl/α,β-unsaturated/α-hetero) is 1. The summed E-state index contributed by atoms with van der Waals surface area (Å²) >= 11 is 5.65. The molecule has 5 heteroatoms. The van der Waals surface area contributed by atoms with Crippen molar-refractivity contribution < 1.29 is 18.7 Å². The largest absolute Gasteiger partial charge is 0.451 e. The standard InChI is InChI=1S/C12H12ClFO3/c1-7(15)17-12(2,3)11(16)8-4-9(13)6-10(14)5-8/h4-6H,1-3H3. The van der Waals surface area contributed by atoms with E-state index < -0.39 is 23.2 Å². The van der Waals surface area contributed by atoms with Crippen LogP contribution in [0.4, 0.5) is 4.39 Å². The van der Waals surface area contributed by atoms with Crippen molar-refractivity contribution in [2.75, 3.05) is 0 Å². The van der Waals surface area contributed by atoms with Crippen LogP contribution in [-0.4, -0.2) is 17.4 Å². The van der Waals surface area contributed by atoms with Gasteiger partial charge in [0.25, 0.3) is 0 Å². The number of carbonyl (C=O) groups excluding carboxylic acids is 2. The van der Waals surface area contributed by atoms with Crippen LogP contribution in [0.3, 0.4) is 0 Å². The number of ketones is 1. The molecular weight excluding hydrogens is 247 g/mol. The number of halogens is 2. The maximum absolute atomic E-state index is 13.1. The van der Waals surface area contributed by atoms with E-state index in [1.54, 1.807) is 0 Å². The first-order valence-electron chi connectivity index (χ1n) is 4.93. The van der Waals surface area contributed by atoms with E-state index in [1.165, 1.54) is 26.8 Å². The van der Waals surface area contributed by atoms with Crippen LogP contribution < -0.4 is 0 Å². The molecule has 92 valence electrons. The average molecular weight is 259 g/mol. The van der Waals surface area contributed by atoms with Gasteiger partial charge in [-0.25, -0.2) is 4.39 Å². The van der Waals surface area contributed by atoms with Gasteiger partial charge in [0.15, 0.2) is 5.60 Å².